The van der Waals surface area contributed by atoms with Crippen LogP contribution in [0.5, 0.6) is 0 Å². The van der Waals surface area contributed by atoms with E-state index < -0.39 is 0 Å². The van der Waals surface area contributed by atoms with Crippen LogP contribution in [0.3, 0.4) is 0 Å². The van der Waals surface area contributed by atoms with Gasteiger partial charge in [-0.05, 0) is 12.1 Å². The van der Waals surface area contributed by atoms with Crippen LogP contribution in [-0.2, 0) is 0 Å². The third-order valence-corrected chi connectivity index (χ3v) is 2.30. The van der Waals surface area contributed by atoms with E-state index in [4.69, 9.17) is 10.5 Å². The van der Waals surface area contributed by atoms with Crippen molar-refractivity contribution in [3.05, 3.63) is 34.9 Å². The van der Waals surface area contributed by atoms with Crippen LogP contribution in [0.25, 0.3) is 0 Å². The van der Waals surface area contributed by atoms with Gasteiger partial charge >= 0.3 is 0 Å². The van der Waals surface area contributed by atoms with Crippen molar-refractivity contribution in [2.24, 2.45) is 0 Å². The molecule has 1 aromatic carbocycles. The highest BCUT2D eigenvalue weighted by Gasteiger charge is 2.15. The molecule has 0 fully saturated rings. The van der Waals surface area contributed by atoms with Crippen molar-refractivity contribution in [2.75, 3.05) is 5.33 Å². The number of halogens is 1. The summed E-state index contributed by atoms with van der Waals surface area (Å²) in [5, 5.41) is 18.2. The normalized spacial score (nSPS) is 9.00. The van der Waals surface area contributed by atoms with Gasteiger partial charge in [0.15, 0.2) is 5.78 Å². The number of nitrogens with zero attached hydrogens (tertiary/aromatic N) is 2. The fourth-order valence-corrected chi connectivity index (χ4v) is 1.61. The molecule has 0 spiro atoms. The lowest BCUT2D eigenvalue weighted by atomic mass is 9.97. The standard InChI is InChI=1S/C11H7BrN2O/c12-5-4-10(15)11-8(6-13)2-1-3-9(11)7-14/h1-3H,4-5H2. The minimum atomic E-state index is -0.180. The third-order valence-electron chi connectivity index (χ3n) is 1.91. The van der Waals surface area contributed by atoms with Crippen LogP contribution in [0, 0.1) is 22.7 Å². The summed E-state index contributed by atoms with van der Waals surface area (Å²) in [4.78, 5) is 11.7. The predicted octanol–water partition coefficient (Wildman–Crippen LogP) is 2.40. The first-order valence-corrected chi connectivity index (χ1v) is 5.39. The van der Waals surface area contributed by atoms with Gasteiger partial charge in [0.25, 0.3) is 0 Å². The summed E-state index contributed by atoms with van der Waals surface area (Å²) in [6.07, 6.45) is 0.285. The molecule has 0 aliphatic rings. The van der Waals surface area contributed by atoms with Gasteiger partial charge in [0.2, 0.25) is 0 Å². The number of hydrogen-bond donors (Lipinski definition) is 0. The van der Waals surface area contributed by atoms with Gasteiger partial charge in [0, 0.05) is 11.8 Å². The molecule has 3 nitrogen and oxygen atoms in total. The lowest BCUT2D eigenvalue weighted by Crippen LogP contribution is -2.05. The van der Waals surface area contributed by atoms with E-state index in [1.54, 1.807) is 18.2 Å². The summed E-state index contributed by atoms with van der Waals surface area (Å²) in [6, 6.07) is 8.53. The van der Waals surface area contributed by atoms with E-state index in [0.29, 0.717) is 5.33 Å². The van der Waals surface area contributed by atoms with Crippen LogP contribution in [0.1, 0.15) is 27.9 Å². The molecule has 0 radical (unpaired) electrons. The van der Waals surface area contributed by atoms with E-state index in [1.807, 2.05) is 12.1 Å². The number of alkyl halides is 1. The Morgan fingerprint density at radius 3 is 2.20 bits per heavy atom. The largest absolute Gasteiger partial charge is 0.294 e. The molecule has 0 amide bonds. The fraction of sp³-hybridized carbons (Fsp3) is 0.182. The Balaban J connectivity index is 3.31. The second kappa shape index (κ2) is 5.29. The first-order valence-electron chi connectivity index (χ1n) is 4.27. The second-order valence-corrected chi connectivity index (χ2v) is 3.61. The van der Waals surface area contributed by atoms with E-state index in [-0.39, 0.29) is 28.9 Å². The average molecular weight is 263 g/mol. The zero-order valence-electron chi connectivity index (χ0n) is 7.83. The number of rotatable bonds is 3. The molecule has 1 rings (SSSR count). The number of benzene rings is 1. The number of nitriles is 2. The van der Waals surface area contributed by atoms with Crippen LogP contribution in [0.15, 0.2) is 18.2 Å². The molecule has 0 atom stereocenters. The maximum atomic E-state index is 11.7. The first-order chi connectivity index (χ1) is 7.24. The van der Waals surface area contributed by atoms with E-state index in [9.17, 15) is 4.79 Å². The molecular formula is C11H7BrN2O. The molecule has 1 aromatic rings. The van der Waals surface area contributed by atoms with Crippen LogP contribution >= 0.6 is 15.9 Å². The number of carbonyl (C=O) groups is 1. The molecule has 0 saturated carbocycles. The molecule has 0 aliphatic heterocycles. The Labute approximate surface area is 96.1 Å². The molecule has 0 heterocycles. The van der Waals surface area contributed by atoms with Crippen LogP contribution in [-0.4, -0.2) is 11.1 Å². The molecule has 0 unspecified atom stereocenters. The number of ketones is 1. The summed E-state index contributed by atoms with van der Waals surface area (Å²) in [5.41, 5.74) is 0.766. The van der Waals surface area contributed by atoms with E-state index in [1.165, 1.54) is 0 Å². The summed E-state index contributed by atoms with van der Waals surface area (Å²) in [5.74, 6) is -0.180. The minimum Gasteiger partial charge on any atom is -0.294 e. The van der Waals surface area contributed by atoms with Gasteiger partial charge in [0.05, 0.1) is 28.8 Å². The molecular weight excluding hydrogens is 256 g/mol. The Hall–Kier alpha value is -1.65. The van der Waals surface area contributed by atoms with Crippen molar-refractivity contribution >= 4 is 21.7 Å². The van der Waals surface area contributed by atoms with Gasteiger partial charge in [-0.1, -0.05) is 22.0 Å². The number of Topliss-reactive ketones (excluding diaryl/α,β-unsaturated/α-hetero) is 1. The Morgan fingerprint density at radius 2 is 1.80 bits per heavy atom. The van der Waals surface area contributed by atoms with Crippen molar-refractivity contribution in [1.29, 1.82) is 10.5 Å². The zero-order valence-corrected chi connectivity index (χ0v) is 9.41. The lowest BCUT2D eigenvalue weighted by molar-refractivity contribution is 0.0989. The van der Waals surface area contributed by atoms with Crippen molar-refractivity contribution < 1.29 is 4.79 Å². The fourth-order valence-electron chi connectivity index (χ4n) is 1.25. The molecule has 0 aromatic heterocycles. The van der Waals surface area contributed by atoms with Gasteiger partial charge in [-0.2, -0.15) is 10.5 Å². The van der Waals surface area contributed by atoms with Crippen molar-refractivity contribution in [3.63, 3.8) is 0 Å². The third kappa shape index (κ3) is 2.43. The number of hydrogen-bond acceptors (Lipinski definition) is 3. The topological polar surface area (TPSA) is 64.7 Å². The van der Waals surface area contributed by atoms with E-state index in [2.05, 4.69) is 15.9 Å². The van der Waals surface area contributed by atoms with Crippen LogP contribution in [0.2, 0.25) is 0 Å². The lowest BCUT2D eigenvalue weighted by Gasteiger charge is -2.03. The minimum absolute atomic E-state index is 0.180. The van der Waals surface area contributed by atoms with Crippen molar-refractivity contribution in [2.45, 2.75) is 6.42 Å². The molecule has 74 valence electrons. The molecule has 0 saturated heterocycles. The molecule has 15 heavy (non-hydrogen) atoms. The number of carbonyl (C=O) groups excluding carboxylic acids is 1. The van der Waals surface area contributed by atoms with Gasteiger partial charge in [-0.15, -0.1) is 0 Å². The molecule has 4 heteroatoms. The van der Waals surface area contributed by atoms with Crippen LogP contribution in [0.4, 0.5) is 0 Å². The summed E-state index contributed by atoms with van der Waals surface area (Å²) >= 11 is 3.15. The van der Waals surface area contributed by atoms with Gasteiger partial charge in [0.1, 0.15) is 0 Å². The van der Waals surface area contributed by atoms with E-state index >= 15 is 0 Å². The SMILES string of the molecule is N#Cc1cccc(C#N)c1C(=O)CCBr. The highest BCUT2D eigenvalue weighted by Crippen LogP contribution is 2.16. The van der Waals surface area contributed by atoms with Gasteiger partial charge in [-0.25, -0.2) is 0 Å². The molecule has 0 bridgehead atoms. The zero-order chi connectivity index (χ0) is 11.3. The van der Waals surface area contributed by atoms with Gasteiger partial charge in [-0.3, -0.25) is 4.79 Å². The smallest absolute Gasteiger partial charge is 0.166 e. The monoisotopic (exact) mass is 262 g/mol. The second-order valence-electron chi connectivity index (χ2n) is 2.81. The van der Waals surface area contributed by atoms with Crippen molar-refractivity contribution in [1.82, 2.24) is 0 Å². The highest BCUT2D eigenvalue weighted by atomic mass is 79.9. The van der Waals surface area contributed by atoms with Gasteiger partial charge < -0.3 is 0 Å². The van der Waals surface area contributed by atoms with Crippen LogP contribution < -0.4 is 0 Å². The first kappa shape index (κ1) is 11.4. The Morgan fingerprint density at radius 1 is 1.27 bits per heavy atom. The quantitative estimate of drug-likeness (QED) is 0.621. The summed E-state index contributed by atoms with van der Waals surface area (Å²) < 4.78 is 0. The Bertz CT molecular complexity index is 436. The molecule has 0 aliphatic carbocycles. The predicted molar refractivity (Wildman–Crippen MR) is 58.6 cm³/mol. The maximum absolute atomic E-state index is 11.7. The van der Waals surface area contributed by atoms with Crippen molar-refractivity contribution in [3.8, 4) is 12.1 Å². The summed E-state index contributed by atoms with van der Waals surface area (Å²) in [6.45, 7) is 0. The van der Waals surface area contributed by atoms with E-state index in [0.717, 1.165) is 0 Å². The molecule has 0 N–H and O–H groups in total. The average Bonchev–Trinajstić information content (AvgIpc) is 2.28. The maximum Gasteiger partial charge on any atom is 0.166 e. The Kier molecular flexibility index (Phi) is 4.03. The summed E-state index contributed by atoms with van der Waals surface area (Å²) in [7, 11) is 0. The highest BCUT2D eigenvalue weighted by molar-refractivity contribution is 9.09.